The van der Waals surface area contributed by atoms with Crippen LogP contribution in [0.1, 0.15) is 96.8 Å². The lowest BCUT2D eigenvalue weighted by atomic mass is 9.71. The van der Waals surface area contributed by atoms with Crippen molar-refractivity contribution in [1.82, 2.24) is 0 Å². The highest BCUT2D eigenvalue weighted by atomic mass is 16.4. The zero-order valence-corrected chi connectivity index (χ0v) is 14.7. The van der Waals surface area contributed by atoms with E-state index in [1.54, 1.807) is 6.92 Å². The second kappa shape index (κ2) is 10.8. The quantitative estimate of drug-likeness (QED) is 0.518. The molecule has 1 aliphatic rings. The highest BCUT2D eigenvalue weighted by Crippen LogP contribution is 2.38. The molecule has 0 amide bonds. The minimum atomic E-state index is -0.749. The first-order chi connectivity index (χ1) is 11.0. The third kappa shape index (κ3) is 7.96. The maximum absolute atomic E-state index is 11.7. The van der Waals surface area contributed by atoms with Crippen LogP contribution in [0.5, 0.6) is 0 Å². The van der Waals surface area contributed by atoms with Crippen molar-refractivity contribution < 1.29 is 19.8 Å². The van der Waals surface area contributed by atoms with Crippen LogP contribution in [0.25, 0.3) is 0 Å². The van der Waals surface area contributed by atoms with Gasteiger partial charge in [-0.05, 0) is 32.6 Å². The van der Waals surface area contributed by atoms with E-state index >= 15 is 0 Å². The maximum atomic E-state index is 11.7. The Balaban J connectivity index is 2.05. The Bertz CT molecular complexity index is 366. The van der Waals surface area contributed by atoms with E-state index in [1.807, 2.05) is 0 Å². The largest absolute Gasteiger partial charge is 0.481 e. The van der Waals surface area contributed by atoms with Gasteiger partial charge in [-0.3, -0.25) is 9.59 Å². The zero-order valence-electron chi connectivity index (χ0n) is 14.7. The molecule has 2 atom stereocenters. The lowest BCUT2D eigenvalue weighted by Crippen LogP contribution is -2.44. The summed E-state index contributed by atoms with van der Waals surface area (Å²) in [6, 6.07) is 0. The number of aliphatic carboxylic acids is 1. The molecule has 4 nitrogen and oxygen atoms in total. The van der Waals surface area contributed by atoms with Gasteiger partial charge in [-0.15, -0.1) is 0 Å². The van der Waals surface area contributed by atoms with Gasteiger partial charge >= 0.3 is 5.97 Å². The monoisotopic (exact) mass is 326 g/mol. The average molecular weight is 326 g/mol. The predicted molar refractivity (Wildman–Crippen MR) is 91.4 cm³/mol. The van der Waals surface area contributed by atoms with Gasteiger partial charge in [-0.2, -0.15) is 0 Å². The smallest absolute Gasteiger partial charge is 0.303 e. The van der Waals surface area contributed by atoms with Gasteiger partial charge in [0.15, 0.2) is 0 Å². The van der Waals surface area contributed by atoms with Crippen molar-refractivity contribution in [3.8, 4) is 0 Å². The molecule has 134 valence electrons. The molecule has 1 aliphatic carbocycles. The van der Waals surface area contributed by atoms with E-state index < -0.39 is 11.6 Å². The molecule has 0 unspecified atom stereocenters. The number of ketones is 1. The SMILES string of the molecule is CC(=O)[C@H]1CCCC[C@]1(O)CCCCCCCCCCC(=O)O. The molecular weight excluding hydrogens is 292 g/mol. The van der Waals surface area contributed by atoms with Gasteiger partial charge in [0.1, 0.15) is 5.78 Å². The van der Waals surface area contributed by atoms with E-state index in [9.17, 15) is 14.7 Å². The van der Waals surface area contributed by atoms with E-state index in [0.717, 1.165) is 64.2 Å². The fourth-order valence-corrected chi connectivity index (χ4v) is 3.87. The molecule has 0 aliphatic heterocycles. The molecule has 23 heavy (non-hydrogen) atoms. The summed E-state index contributed by atoms with van der Waals surface area (Å²) in [6.07, 6.45) is 13.3. The standard InChI is InChI=1S/C19H34O4/c1-16(20)17-12-9-11-15-19(17,23)14-10-7-5-3-2-4-6-8-13-18(21)22/h17,23H,2-15H2,1H3,(H,21,22)/t17-,19-/m1/s1. The molecule has 0 aromatic rings. The lowest BCUT2D eigenvalue weighted by Gasteiger charge is -2.39. The van der Waals surface area contributed by atoms with Crippen LogP contribution in [0.4, 0.5) is 0 Å². The van der Waals surface area contributed by atoms with Crippen LogP contribution >= 0.6 is 0 Å². The molecule has 1 fully saturated rings. The van der Waals surface area contributed by atoms with Crippen LogP contribution in [0.3, 0.4) is 0 Å². The summed E-state index contributed by atoms with van der Waals surface area (Å²) in [5.41, 5.74) is -0.749. The van der Waals surface area contributed by atoms with Gasteiger partial charge in [-0.25, -0.2) is 0 Å². The number of hydrogen-bond acceptors (Lipinski definition) is 3. The van der Waals surface area contributed by atoms with Crippen molar-refractivity contribution in [2.24, 2.45) is 5.92 Å². The van der Waals surface area contributed by atoms with Crippen molar-refractivity contribution in [3.63, 3.8) is 0 Å². The number of unbranched alkanes of at least 4 members (excludes halogenated alkanes) is 7. The summed E-state index contributed by atoms with van der Waals surface area (Å²) in [7, 11) is 0. The third-order valence-electron chi connectivity index (χ3n) is 5.24. The van der Waals surface area contributed by atoms with Gasteiger partial charge in [0.2, 0.25) is 0 Å². The van der Waals surface area contributed by atoms with E-state index in [-0.39, 0.29) is 18.1 Å². The fourth-order valence-electron chi connectivity index (χ4n) is 3.87. The first kappa shape index (κ1) is 20.1. The molecule has 0 bridgehead atoms. The van der Waals surface area contributed by atoms with Crippen LogP contribution in [0.2, 0.25) is 0 Å². The molecular formula is C19H34O4. The summed E-state index contributed by atoms with van der Waals surface area (Å²) < 4.78 is 0. The first-order valence-electron chi connectivity index (χ1n) is 9.40. The normalized spacial score (nSPS) is 24.5. The van der Waals surface area contributed by atoms with Crippen molar-refractivity contribution in [1.29, 1.82) is 0 Å². The molecule has 2 N–H and O–H groups in total. The van der Waals surface area contributed by atoms with Crippen LogP contribution in [-0.4, -0.2) is 27.6 Å². The molecule has 0 aromatic heterocycles. The fraction of sp³-hybridized carbons (Fsp3) is 0.895. The number of carbonyl (C=O) groups excluding carboxylic acids is 1. The number of hydrogen-bond donors (Lipinski definition) is 2. The van der Waals surface area contributed by atoms with E-state index in [0.29, 0.717) is 0 Å². The number of rotatable bonds is 12. The second-order valence-electron chi connectivity index (χ2n) is 7.23. The summed E-state index contributed by atoms with van der Waals surface area (Å²) in [5, 5.41) is 19.3. The van der Waals surface area contributed by atoms with Crippen LogP contribution in [-0.2, 0) is 9.59 Å². The summed E-state index contributed by atoms with van der Waals surface area (Å²) >= 11 is 0. The Morgan fingerprint density at radius 2 is 1.52 bits per heavy atom. The summed E-state index contributed by atoms with van der Waals surface area (Å²) in [4.78, 5) is 22.1. The van der Waals surface area contributed by atoms with Crippen LogP contribution in [0.15, 0.2) is 0 Å². The Kier molecular flexibility index (Phi) is 9.46. The number of carbonyl (C=O) groups is 2. The topological polar surface area (TPSA) is 74.6 Å². The zero-order chi connectivity index (χ0) is 17.1. The van der Waals surface area contributed by atoms with E-state index in [2.05, 4.69) is 0 Å². The van der Waals surface area contributed by atoms with Gasteiger partial charge in [0.05, 0.1) is 5.60 Å². The lowest BCUT2D eigenvalue weighted by molar-refractivity contribution is -0.137. The average Bonchev–Trinajstić information content (AvgIpc) is 2.49. The molecule has 1 rings (SSSR count). The number of aliphatic hydroxyl groups is 1. The first-order valence-corrected chi connectivity index (χ1v) is 9.40. The molecule has 0 radical (unpaired) electrons. The van der Waals surface area contributed by atoms with Gasteiger partial charge in [0, 0.05) is 12.3 Å². The summed E-state index contributed by atoms with van der Waals surface area (Å²) in [6.45, 7) is 1.62. The van der Waals surface area contributed by atoms with Gasteiger partial charge in [0.25, 0.3) is 0 Å². The highest BCUT2D eigenvalue weighted by Gasteiger charge is 2.40. The van der Waals surface area contributed by atoms with Crippen molar-refractivity contribution in [2.75, 3.05) is 0 Å². The van der Waals surface area contributed by atoms with Gasteiger partial charge in [-0.1, -0.05) is 57.8 Å². The minimum Gasteiger partial charge on any atom is -0.481 e. The number of carboxylic acids is 1. The second-order valence-corrected chi connectivity index (χ2v) is 7.23. The minimum absolute atomic E-state index is 0.147. The Labute approximate surface area is 140 Å². The Hall–Kier alpha value is -0.900. The molecule has 1 saturated carbocycles. The third-order valence-corrected chi connectivity index (χ3v) is 5.24. The van der Waals surface area contributed by atoms with E-state index in [1.165, 1.54) is 19.3 Å². The van der Waals surface area contributed by atoms with Crippen LogP contribution in [0, 0.1) is 5.92 Å². The van der Waals surface area contributed by atoms with Gasteiger partial charge < -0.3 is 10.2 Å². The number of carboxylic acid groups (broad SMARTS) is 1. The maximum Gasteiger partial charge on any atom is 0.303 e. The number of Topliss-reactive ketones (excluding diaryl/α,β-unsaturated/α-hetero) is 1. The molecule has 0 aromatic carbocycles. The van der Waals surface area contributed by atoms with Crippen molar-refractivity contribution >= 4 is 11.8 Å². The predicted octanol–water partition coefficient (Wildman–Crippen LogP) is 4.48. The Morgan fingerprint density at radius 1 is 0.957 bits per heavy atom. The molecule has 4 heteroatoms. The van der Waals surface area contributed by atoms with Crippen LogP contribution < -0.4 is 0 Å². The molecule has 0 spiro atoms. The highest BCUT2D eigenvalue weighted by molar-refractivity contribution is 5.79. The van der Waals surface area contributed by atoms with E-state index in [4.69, 9.17) is 5.11 Å². The summed E-state index contributed by atoms with van der Waals surface area (Å²) in [5.74, 6) is -0.700. The van der Waals surface area contributed by atoms with Crippen molar-refractivity contribution in [3.05, 3.63) is 0 Å². The Morgan fingerprint density at radius 3 is 2.09 bits per heavy atom. The molecule has 0 saturated heterocycles. The van der Waals surface area contributed by atoms with Crippen molar-refractivity contribution in [2.45, 2.75) is 102 Å². The molecule has 0 heterocycles.